The van der Waals surface area contributed by atoms with E-state index in [2.05, 4.69) is 20.9 Å². The number of hydrogen-bond acceptors (Lipinski definition) is 3. The van der Waals surface area contributed by atoms with Gasteiger partial charge < -0.3 is 5.11 Å². The van der Waals surface area contributed by atoms with E-state index in [0.717, 1.165) is 10.0 Å². The first kappa shape index (κ1) is 12.4. The number of rotatable bonds is 1. The summed E-state index contributed by atoms with van der Waals surface area (Å²) in [7, 11) is 0. The Hall–Kier alpha value is -1.01. The Morgan fingerprint density at radius 2 is 2.29 bits per heavy atom. The summed E-state index contributed by atoms with van der Waals surface area (Å²) in [5, 5.41) is 9.62. The summed E-state index contributed by atoms with van der Waals surface area (Å²) in [5.74, 6) is 0. The predicted molar refractivity (Wildman–Crippen MR) is 72.6 cm³/mol. The number of thioether (sulfide) groups is 1. The maximum Gasteiger partial charge on any atom is 0.413 e. The van der Waals surface area contributed by atoms with Crippen molar-refractivity contribution in [2.45, 2.75) is 6.04 Å². The van der Waals surface area contributed by atoms with Gasteiger partial charge in [0, 0.05) is 4.47 Å². The number of amides is 1. The van der Waals surface area contributed by atoms with Crippen molar-refractivity contribution < 1.29 is 9.90 Å². The molecule has 0 spiro atoms. The van der Waals surface area contributed by atoms with Gasteiger partial charge >= 0.3 is 6.09 Å². The number of nitrogens with zero attached hydrogens (tertiary/aromatic N) is 2. The van der Waals surface area contributed by atoms with E-state index in [1.54, 1.807) is 0 Å². The molecular weight excluding hydrogens is 304 g/mol. The van der Waals surface area contributed by atoms with Gasteiger partial charge in [-0.05, 0) is 17.9 Å². The van der Waals surface area contributed by atoms with Crippen LogP contribution < -0.4 is 0 Å². The van der Waals surface area contributed by atoms with Gasteiger partial charge in [-0.3, -0.25) is 9.89 Å². The number of carboxylic acid groups (broad SMARTS) is 1. The summed E-state index contributed by atoms with van der Waals surface area (Å²) in [6.07, 6.45) is 0.879. The maximum atomic E-state index is 11.1. The van der Waals surface area contributed by atoms with Crippen LogP contribution in [0.5, 0.6) is 0 Å². The van der Waals surface area contributed by atoms with Crippen LogP contribution in [-0.2, 0) is 0 Å². The molecule has 1 amide bonds. The van der Waals surface area contributed by atoms with Crippen LogP contribution in [-0.4, -0.2) is 34.1 Å². The first-order valence-electron chi connectivity index (χ1n) is 5.00. The average molecular weight is 315 g/mol. The van der Waals surface area contributed by atoms with Crippen molar-refractivity contribution in [1.82, 2.24) is 4.90 Å². The number of halogens is 1. The summed E-state index contributed by atoms with van der Waals surface area (Å²) >= 11 is 4.82. The molecule has 1 atom stereocenters. The van der Waals surface area contributed by atoms with Crippen LogP contribution in [0.1, 0.15) is 11.6 Å². The lowest BCUT2D eigenvalue weighted by Crippen LogP contribution is -2.31. The molecule has 0 radical (unpaired) electrons. The van der Waals surface area contributed by atoms with Crippen LogP contribution >= 0.6 is 27.7 Å². The van der Waals surface area contributed by atoms with Crippen LogP contribution in [0.2, 0.25) is 0 Å². The summed E-state index contributed by atoms with van der Waals surface area (Å²) in [4.78, 5) is 16.8. The van der Waals surface area contributed by atoms with Gasteiger partial charge in [0.15, 0.2) is 5.17 Å². The van der Waals surface area contributed by atoms with Crippen molar-refractivity contribution >= 4 is 39.0 Å². The highest BCUT2D eigenvalue weighted by Gasteiger charge is 2.30. The fraction of sp³-hybridized carbons (Fsp3) is 0.273. The van der Waals surface area contributed by atoms with Gasteiger partial charge in [0.1, 0.15) is 0 Å². The lowest BCUT2D eigenvalue weighted by atomic mass is 10.1. The highest BCUT2D eigenvalue weighted by atomic mass is 79.9. The van der Waals surface area contributed by atoms with Crippen LogP contribution in [0.4, 0.5) is 4.79 Å². The van der Waals surface area contributed by atoms with Crippen LogP contribution in [0.15, 0.2) is 33.7 Å². The third kappa shape index (κ3) is 2.47. The molecule has 1 aliphatic heterocycles. The molecule has 1 unspecified atom stereocenters. The third-order valence-electron chi connectivity index (χ3n) is 2.53. The minimum Gasteiger partial charge on any atom is -0.465 e. The Bertz CT molecular complexity index is 478. The highest BCUT2D eigenvalue weighted by Crippen LogP contribution is 2.32. The van der Waals surface area contributed by atoms with E-state index < -0.39 is 6.09 Å². The fourth-order valence-corrected chi connectivity index (χ4v) is 2.89. The normalized spacial score (nSPS) is 19.3. The number of carbonyl (C=O) groups is 1. The van der Waals surface area contributed by atoms with Crippen molar-refractivity contribution in [2.75, 3.05) is 12.8 Å². The van der Waals surface area contributed by atoms with E-state index in [9.17, 15) is 4.79 Å². The Kier molecular flexibility index (Phi) is 3.73. The molecule has 1 aromatic carbocycles. The SMILES string of the molecule is CSC1=NC(c2ccccc2Br)CN1C(=O)O. The molecular formula is C11H11BrN2O2S. The molecule has 0 saturated carbocycles. The first-order valence-corrected chi connectivity index (χ1v) is 7.02. The van der Waals surface area contributed by atoms with Gasteiger partial charge in [-0.15, -0.1) is 0 Å². The molecule has 1 N–H and O–H groups in total. The summed E-state index contributed by atoms with van der Waals surface area (Å²) in [5.41, 5.74) is 1.02. The average Bonchev–Trinajstić information content (AvgIpc) is 2.73. The maximum absolute atomic E-state index is 11.1. The Morgan fingerprint density at radius 3 is 2.82 bits per heavy atom. The van der Waals surface area contributed by atoms with Crippen LogP contribution in [0.25, 0.3) is 0 Å². The molecule has 0 aromatic heterocycles. The highest BCUT2D eigenvalue weighted by molar-refractivity contribution is 9.10. The third-order valence-corrected chi connectivity index (χ3v) is 3.94. The van der Waals surface area contributed by atoms with Gasteiger partial charge in [-0.25, -0.2) is 4.79 Å². The topological polar surface area (TPSA) is 52.9 Å². The Balaban J connectivity index is 2.29. The second kappa shape index (κ2) is 5.10. The largest absolute Gasteiger partial charge is 0.465 e. The second-order valence-corrected chi connectivity index (χ2v) is 5.17. The molecule has 0 aliphatic carbocycles. The molecule has 4 nitrogen and oxygen atoms in total. The number of benzene rings is 1. The van der Waals surface area contributed by atoms with Crippen LogP contribution in [0.3, 0.4) is 0 Å². The fourth-order valence-electron chi connectivity index (χ4n) is 1.73. The number of hydrogen-bond donors (Lipinski definition) is 1. The van der Waals surface area contributed by atoms with E-state index in [-0.39, 0.29) is 6.04 Å². The zero-order valence-corrected chi connectivity index (χ0v) is 11.5. The predicted octanol–water partition coefficient (Wildman–Crippen LogP) is 3.20. The molecule has 0 bridgehead atoms. The van der Waals surface area contributed by atoms with E-state index in [0.29, 0.717) is 11.7 Å². The summed E-state index contributed by atoms with van der Waals surface area (Å²) < 4.78 is 0.960. The van der Waals surface area contributed by atoms with E-state index in [1.165, 1.54) is 16.7 Å². The molecule has 1 aliphatic rings. The van der Waals surface area contributed by atoms with Gasteiger partial charge in [-0.1, -0.05) is 45.9 Å². The van der Waals surface area contributed by atoms with Gasteiger partial charge in [0.2, 0.25) is 0 Å². The zero-order valence-electron chi connectivity index (χ0n) is 9.13. The lowest BCUT2D eigenvalue weighted by Gasteiger charge is -2.13. The lowest BCUT2D eigenvalue weighted by molar-refractivity contribution is 0.171. The van der Waals surface area contributed by atoms with Gasteiger partial charge in [0.05, 0.1) is 12.6 Å². The summed E-state index contributed by atoms with van der Waals surface area (Å²) in [6, 6.07) is 7.63. The number of amidine groups is 1. The molecule has 1 heterocycles. The zero-order chi connectivity index (χ0) is 12.4. The van der Waals surface area contributed by atoms with Crippen molar-refractivity contribution in [3.8, 4) is 0 Å². The van der Waals surface area contributed by atoms with Gasteiger partial charge in [0.25, 0.3) is 0 Å². The quantitative estimate of drug-likeness (QED) is 0.866. The monoisotopic (exact) mass is 314 g/mol. The second-order valence-electron chi connectivity index (χ2n) is 3.55. The number of aliphatic imine (C=N–C) groups is 1. The van der Waals surface area contributed by atoms with Crippen molar-refractivity contribution in [3.05, 3.63) is 34.3 Å². The van der Waals surface area contributed by atoms with Gasteiger partial charge in [-0.2, -0.15) is 0 Å². The first-order chi connectivity index (χ1) is 8.13. The Morgan fingerprint density at radius 1 is 1.59 bits per heavy atom. The van der Waals surface area contributed by atoms with E-state index >= 15 is 0 Å². The standard InChI is InChI=1S/C11H11BrN2O2S/c1-17-10-13-9(6-14(10)11(15)16)7-4-2-3-5-8(7)12/h2-5,9H,6H2,1H3,(H,15,16). The molecule has 0 fully saturated rings. The van der Waals surface area contributed by atoms with Crippen molar-refractivity contribution in [3.63, 3.8) is 0 Å². The minimum atomic E-state index is -0.951. The van der Waals surface area contributed by atoms with Crippen molar-refractivity contribution in [2.24, 2.45) is 4.99 Å². The van der Waals surface area contributed by atoms with Crippen LogP contribution in [0, 0.1) is 0 Å². The molecule has 1 aromatic rings. The molecule has 90 valence electrons. The van der Waals surface area contributed by atoms with E-state index in [1.807, 2.05) is 30.5 Å². The molecule has 0 saturated heterocycles. The molecule has 2 rings (SSSR count). The minimum absolute atomic E-state index is 0.121. The van der Waals surface area contributed by atoms with E-state index in [4.69, 9.17) is 5.11 Å². The molecule has 6 heteroatoms. The summed E-state index contributed by atoms with van der Waals surface area (Å²) in [6.45, 7) is 0.383. The molecule has 17 heavy (non-hydrogen) atoms. The smallest absolute Gasteiger partial charge is 0.413 e. The Labute approximate surface area is 112 Å². The van der Waals surface area contributed by atoms with Crippen molar-refractivity contribution in [1.29, 1.82) is 0 Å².